The normalized spacial score (nSPS) is 26.8. The van der Waals surface area contributed by atoms with Crippen molar-refractivity contribution in [1.29, 1.82) is 0 Å². The molecule has 0 spiro atoms. The molecule has 5 nitrogen and oxygen atoms in total. The molecule has 2 rings (SSSR count). The van der Waals surface area contributed by atoms with Crippen molar-refractivity contribution in [3.8, 4) is 0 Å². The summed E-state index contributed by atoms with van der Waals surface area (Å²) in [4.78, 5) is 23.3. The Bertz CT molecular complexity index is 307. The highest BCUT2D eigenvalue weighted by Gasteiger charge is 2.33. The van der Waals surface area contributed by atoms with E-state index in [1.54, 1.807) is 0 Å². The van der Waals surface area contributed by atoms with Crippen molar-refractivity contribution in [2.24, 2.45) is 5.92 Å². The van der Waals surface area contributed by atoms with E-state index in [-0.39, 0.29) is 17.9 Å². The zero-order valence-corrected chi connectivity index (χ0v) is 10.7. The lowest BCUT2D eigenvalue weighted by Crippen LogP contribution is -2.51. The van der Waals surface area contributed by atoms with Gasteiger partial charge in [0.05, 0.1) is 6.04 Å². The van der Waals surface area contributed by atoms with Crippen molar-refractivity contribution in [3.63, 3.8) is 0 Å². The Morgan fingerprint density at radius 2 is 1.83 bits per heavy atom. The van der Waals surface area contributed by atoms with Crippen LogP contribution in [0.4, 0.5) is 0 Å². The number of hydrogen-bond donors (Lipinski definition) is 3. The van der Waals surface area contributed by atoms with Crippen LogP contribution in [0, 0.1) is 5.92 Å². The molecule has 1 saturated carbocycles. The fourth-order valence-corrected chi connectivity index (χ4v) is 3.01. The Balaban J connectivity index is 1.92. The fourth-order valence-electron chi connectivity index (χ4n) is 3.01. The second kappa shape index (κ2) is 6.18. The molecule has 2 unspecified atom stereocenters. The molecule has 1 heterocycles. The molecule has 0 aromatic carbocycles. The van der Waals surface area contributed by atoms with Crippen LogP contribution in [-0.2, 0) is 9.59 Å². The van der Waals surface area contributed by atoms with Crippen LogP contribution in [0.2, 0.25) is 0 Å². The first kappa shape index (κ1) is 13.3. The molecule has 0 bridgehead atoms. The van der Waals surface area contributed by atoms with E-state index in [0.717, 1.165) is 45.1 Å². The number of carbonyl (C=O) groups excluding carboxylic acids is 1. The van der Waals surface area contributed by atoms with Crippen LogP contribution in [-0.4, -0.2) is 35.6 Å². The zero-order valence-electron chi connectivity index (χ0n) is 10.7. The van der Waals surface area contributed by atoms with E-state index >= 15 is 0 Å². The van der Waals surface area contributed by atoms with Crippen LogP contribution in [0.1, 0.15) is 44.9 Å². The van der Waals surface area contributed by atoms with Gasteiger partial charge in [-0.3, -0.25) is 4.79 Å². The first-order chi connectivity index (χ1) is 8.68. The molecule has 2 aliphatic rings. The Kier molecular flexibility index (Phi) is 4.58. The monoisotopic (exact) mass is 254 g/mol. The number of rotatable bonds is 4. The molecule has 0 radical (unpaired) electrons. The minimum absolute atomic E-state index is 0.0987. The van der Waals surface area contributed by atoms with Crippen LogP contribution in [0.25, 0.3) is 0 Å². The number of carboxylic acid groups (broad SMARTS) is 1. The van der Waals surface area contributed by atoms with Gasteiger partial charge in [-0.15, -0.1) is 0 Å². The second-order valence-electron chi connectivity index (χ2n) is 5.37. The lowest BCUT2D eigenvalue weighted by molar-refractivity contribution is -0.144. The van der Waals surface area contributed by atoms with Gasteiger partial charge in [-0.25, -0.2) is 4.79 Å². The maximum Gasteiger partial charge on any atom is 0.326 e. The van der Waals surface area contributed by atoms with Crippen molar-refractivity contribution in [1.82, 2.24) is 10.6 Å². The van der Waals surface area contributed by atoms with Gasteiger partial charge in [0.2, 0.25) is 5.91 Å². The molecular weight excluding hydrogens is 232 g/mol. The van der Waals surface area contributed by atoms with Gasteiger partial charge < -0.3 is 15.7 Å². The molecule has 2 fully saturated rings. The molecule has 3 N–H and O–H groups in total. The van der Waals surface area contributed by atoms with Gasteiger partial charge in [0.1, 0.15) is 6.04 Å². The summed E-state index contributed by atoms with van der Waals surface area (Å²) in [5, 5.41) is 15.1. The van der Waals surface area contributed by atoms with E-state index in [9.17, 15) is 14.7 Å². The minimum Gasteiger partial charge on any atom is -0.480 e. The van der Waals surface area contributed by atoms with E-state index < -0.39 is 12.0 Å². The molecule has 1 saturated heterocycles. The number of aliphatic carboxylic acids is 1. The second-order valence-corrected chi connectivity index (χ2v) is 5.37. The summed E-state index contributed by atoms with van der Waals surface area (Å²) in [6.45, 7) is 0.846. The largest absolute Gasteiger partial charge is 0.480 e. The van der Waals surface area contributed by atoms with Crippen LogP contribution < -0.4 is 10.6 Å². The molecule has 5 heteroatoms. The third-order valence-electron chi connectivity index (χ3n) is 4.06. The maximum atomic E-state index is 12.0. The molecule has 1 aliphatic carbocycles. The predicted molar refractivity (Wildman–Crippen MR) is 67.2 cm³/mol. The first-order valence-corrected chi connectivity index (χ1v) is 6.95. The standard InChI is InChI=1S/C13H22N2O3/c16-12(10-7-4-8-14-10)15-11(13(17)18)9-5-2-1-3-6-9/h9-11,14H,1-8H2,(H,15,16)(H,17,18). The maximum absolute atomic E-state index is 12.0. The quantitative estimate of drug-likeness (QED) is 0.696. The number of carbonyl (C=O) groups is 2. The molecule has 102 valence electrons. The topological polar surface area (TPSA) is 78.4 Å². The summed E-state index contributed by atoms with van der Waals surface area (Å²) in [7, 11) is 0. The lowest BCUT2D eigenvalue weighted by atomic mass is 9.84. The van der Waals surface area contributed by atoms with Gasteiger partial charge in [-0.1, -0.05) is 19.3 Å². The lowest BCUT2D eigenvalue weighted by Gasteiger charge is -2.28. The highest BCUT2D eigenvalue weighted by molar-refractivity contribution is 5.87. The predicted octanol–water partition coefficient (Wildman–Crippen LogP) is 0.888. The van der Waals surface area contributed by atoms with Crippen molar-refractivity contribution >= 4 is 11.9 Å². The Morgan fingerprint density at radius 3 is 2.39 bits per heavy atom. The van der Waals surface area contributed by atoms with E-state index in [0.29, 0.717) is 0 Å². The molecule has 2 atom stereocenters. The van der Waals surface area contributed by atoms with Gasteiger partial charge in [0, 0.05) is 0 Å². The summed E-state index contributed by atoms with van der Waals surface area (Å²) < 4.78 is 0. The average Bonchev–Trinajstić information content (AvgIpc) is 2.90. The minimum atomic E-state index is -0.895. The highest BCUT2D eigenvalue weighted by atomic mass is 16.4. The molecule has 0 aromatic rings. The smallest absolute Gasteiger partial charge is 0.326 e. The van der Waals surface area contributed by atoms with Crippen LogP contribution in [0.3, 0.4) is 0 Å². The van der Waals surface area contributed by atoms with E-state index in [1.165, 1.54) is 6.42 Å². The van der Waals surface area contributed by atoms with Gasteiger partial charge in [-0.05, 0) is 38.1 Å². The Morgan fingerprint density at radius 1 is 1.11 bits per heavy atom. The van der Waals surface area contributed by atoms with Gasteiger partial charge >= 0.3 is 5.97 Å². The zero-order chi connectivity index (χ0) is 13.0. The van der Waals surface area contributed by atoms with Crippen molar-refractivity contribution in [2.75, 3.05) is 6.54 Å². The molecule has 0 aromatic heterocycles. The van der Waals surface area contributed by atoms with E-state index in [2.05, 4.69) is 10.6 Å². The van der Waals surface area contributed by atoms with E-state index in [1.807, 2.05) is 0 Å². The van der Waals surface area contributed by atoms with Crippen molar-refractivity contribution in [3.05, 3.63) is 0 Å². The van der Waals surface area contributed by atoms with Gasteiger partial charge in [0.15, 0.2) is 0 Å². The SMILES string of the molecule is O=C(NC(C(=O)O)C1CCCCC1)C1CCCN1. The Labute approximate surface area is 107 Å². The summed E-state index contributed by atoms with van der Waals surface area (Å²) in [6.07, 6.45) is 6.95. The summed E-state index contributed by atoms with van der Waals surface area (Å²) in [5.74, 6) is -0.944. The third-order valence-corrected chi connectivity index (χ3v) is 4.06. The summed E-state index contributed by atoms with van der Waals surface area (Å²) in [5.41, 5.74) is 0. The Hall–Kier alpha value is -1.10. The number of nitrogens with one attached hydrogen (secondary N) is 2. The van der Waals surface area contributed by atoms with Gasteiger partial charge in [-0.2, -0.15) is 0 Å². The highest BCUT2D eigenvalue weighted by Crippen LogP contribution is 2.26. The summed E-state index contributed by atoms with van der Waals surface area (Å²) in [6, 6.07) is -0.907. The molecular formula is C13H22N2O3. The fraction of sp³-hybridized carbons (Fsp3) is 0.846. The molecule has 18 heavy (non-hydrogen) atoms. The van der Waals surface area contributed by atoms with E-state index in [4.69, 9.17) is 0 Å². The van der Waals surface area contributed by atoms with Crippen molar-refractivity contribution < 1.29 is 14.7 Å². The average molecular weight is 254 g/mol. The first-order valence-electron chi connectivity index (χ1n) is 6.95. The number of hydrogen-bond acceptors (Lipinski definition) is 3. The number of carboxylic acids is 1. The third kappa shape index (κ3) is 3.22. The van der Waals surface area contributed by atoms with Crippen molar-refractivity contribution in [2.45, 2.75) is 57.0 Å². The molecule has 1 aliphatic heterocycles. The van der Waals surface area contributed by atoms with Crippen LogP contribution in [0.15, 0.2) is 0 Å². The summed E-state index contributed by atoms with van der Waals surface area (Å²) >= 11 is 0. The molecule has 1 amide bonds. The van der Waals surface area contributed by atoms with Gasteiger partial charge in [0.25, 0.3) is 0 Å². The number of amides is 1. The van der Waals surface area contributed by atoms with Crippen LogP contribution >= 0.6 is 0 Å². The van der Waals surface area contributed by atoms with Crippen LogP contribution in [0.5, 0.6) is 0 Å².